The van der Waals surface area contributed by atoms with E-state index in [9.17, 15) is 14.7 Å². The number of ketones is 1. The summed E-state index contributed by atoms with van der Waals surface area (Å²) in [5.41, 5.74) is -0.226. The van der Waals surface area contributed by atoms with Crippen molar-refractivity contribution in [3.63, 3.8) is 0 Å². The largest absolute Gasteiger partial charge is 0.375 e. The van der Waals surface area contributed by atoms with Crippen molar-refractivity contribution in [2.45, 2.75) is 25.4 Å². The summed E-state index contributed by atoms with van der Waals surface area (Å²) in [6, 6.07) is 13.5. The molecule has 0 aromatic heterocycles. The molecule has 1 atom stereocenters. The second-order valence-corrected chi connectivity index (χ2v) is 6.38. The maximum Gasteiger partial charge on any atom is 0.264 e. The van der Waals surface area contributed by atoms with Crippen LogP contribution in [0, 0.1) is 0 Å². The highest BCUT2D eigenvalue weighted by Gasteiger charge is 2.50. The molecule has 24 heavy (non-hydrogen) atoms. The van der Waals surface area contributed by atoms with Gasteiger partial charge in [-0.3, -0.25) is 9.59 Å². The number of Topliss-reactive ketones (excluding diaryl/α,β-unsaturated/α-hetero) is 1. The molecule has 0 saturated carbocycles. The van der Waals surface area contributed by atoms with Gasteiger partial charge in [0.05, 0.1) is 12.1 Å². The summed E-state index contributed by atoms with van der Waals surface area (Å²) in [5.74, 6) is -0.733. The number of amides is 1. The van der Waals surface area contributed by atoms with Gasteiger partial charge in [-0.2, -0.15) is 0 Å². The van der Waals surface area contributed by atoms with Crippen molar-refractivity contribution in [1.82, 2.24) is 0 Å². The smallest absolute Gasteiger partial charge is 0.264 e. The van der Waals surface area contributed by atoms with Gasteiger partial charge < -0.3 is 10.0 Å². The molecule has 0 radical (unpaired) electrons. The van der Waals surface area contributed by atoms with Crippen molar-refractivity contribution in [3.8, 4) is 0 Å². The van der Waals surface area contributed by atoms with E-state index in [1.807, 2.05) is 13.0 Å². The lowest BCUT2D eigenvalue weighted by Gasteiger charge is -2.22. The van der Waals surface area contributed by atoms with Crippen LogP contribution in [-0.4, -0.2) is 23.3 Å². The van der Waals surface area contributed by atoms with E-state index in [-0.39, 0.29) is 12.2 Å². The zero-order chi connectivity index (χ0) is 17.3. The Kier molecular flexibility index (Phi) is 4.43. The van der Waals surface area contributed by atoms with E-state index in [2.05, 4.69) is 0 Å². The first-order chi connectivity index (χ1) is 11.5. The number of nitrogens with zero attached hydrogens (tertiary/aromatic N) is 1. The maximum atomic E-state index is 12.8. The third-order valence-corrected chi connectivity index (χ3v) is 4.52. The van der Waals surface area contributed by atoms with Gasteiger partial charge in [0.2, 0.25) is 0 Å². The number of carbonyl (C=O) groups is 2. The first-order valence-corrected chi connectivity index (χ1v) is 8.28. The summed E-state index contributed by atoms with van der Waals surface area (Å²) in [6.07, 6.45) is 0.478. The molecule has 0 spiro atoms. The Hall–Kier alpha value is -2.17. The molecule has 4 nitrogen and oxygen atoms in total. The van der Waals surface area contributed by atoms with Crippen molar-refractivity contribution in [2.75, 3.05) is 11.4 Å². The Bertz CT molecular complexity index is 787. The lowest BCUT2D eigenvalue weighted by Crippen LogP contribution is -2.42. The number of anilines is 1. The molecule has 3 rings (SSSR count). The van der Waals surface area contributed by atoms with Gasteiger partial charge in [0.25, 0.3) is 5.91 Å². The van der Waals surface area contributed by atoms with Crippen LogP contribution < -0.4 is 4.90 Å². The quantitative estimate of drug-likeness (QED) is 0.844. The molecule has 1 heterocycles. The minimum absolute atomic E-state index is 0.287. The molecule has 0 fully saturated rings. The van der Waals surface area contributed by atoms with Gasteiger partial charge in [-0.15, -0.1) is 0 Å². The second kappa shape index (κ2) is 6.38. The lowest BCUT2D eigenvalue weighted by molar-refractivity contribution is -0.135. The monoisotopic (exact) mass is 343 g/mol. The van der Waals surface area contributed by atoms with Gasteiger partial charge in [-0.25, -0.2) is 0 Å². The third-order valence-electron chi connectivity index (χ3n) is 4.27. The molecule has 0 unspecified atom stereocenters. The Balaban J connectivity index is 1.95. The predicted molar refractivity (Wildman–Crippen MR) is 93.4 cm³/mol. The minimum atomic E-state index is -1.82. The molecule has 2 aromatic rings. The maximum absolute atomic E-state index is 12.8. The molecule has 5 heteroatoms. The zero-order valence-electron chi connectivity index (χ0n) is 13.3. The summed E-state index contributed by atoms with van der Waals surface area (Å²) < 4.78 is 0. The SMILES string of the molecule is CCCN1C(=O)[C@@](O)(CC(=O)c2ccc(Cl)cc2)c2ccccc21. The number of hydrogen-bond acceptors (Lipinski definition) is 3. The average molecular weight is 344 g/mol. The topological polar surface area (TPSA) is 57.6 Å². The molecule has 0 bridgehead atoms. The van der Waals surface area contributed by atoms with Gasteiger partial charge in [0.1, 0.15) is 0 Å². The van der Waals surface area contributed by atoms with E-state index in [1.165, 1.54) is 0 Å². The fourth-order valence-corrected chi connectivity index (χ4v) is 3.22. The van der Waals surface area contributed by atoms with Gasteiger partial charge in [0, 0.05) is 22.7 Å². The summed E-state index contributed by atoms with van der Waals surface area (Å²) in [4.78, 5) is 26.9. The van der Waals surface area contributed by atoms with Gasteiger partial charge >= 0.3 is 0 Å². The van der Waals surface area contributed by atoms with E-state index in [0.29, 0.717) is 28.4 Å². The number of aliphatic hydroxyl groups is 1. The van der Waals surface area contributed by atoms with Crippen molar-refractivity contribution in [3.05, 3.63) is 64.7 Å². The normalized spacial score (nSPS) is 19.5. The highest BCUT2D eigenvalue weighted by molar-refractivity contribution is 6.30. The van der Waals surface area contributed by atoms with Crippen LogP contribution in [0.15, 0.2) is 48.5 Å². The number of rotatable bonds is 5. The highest BCUT2D eigenvalue weighted by Crippen LogP contribution is 2.42. The van der Waals surface area contributed by atoms with E-state index >= 15 is 0 Å². The van der Waals surface area contributed by atoms with E-state index in [4.69, 9.17) is 11.6 Å². The van der Waals surface area contributed by atoms with Gasteiger partial charge in [-0.1, -0.05) is 36.7 Å². The Morgan fingerprint density at radius 2 is 1.83 bits per heavy atom. The van der Waals surface area contributed by atoms with Crippen LogP contribution in [0.2, 0.25) is 5.02 Å². The minimum Gasteiger partial charge on any atom is -0.375 e. The molecule has 2 aromatic carbocycles. The summed E-state index contributed by atoms with van der Waals surface area (Å²) in [6.45, 7) is 2.47. The van der Waals surface area contributed by atoms with Crippen LogP contribution in [0.4, 0.5) is 5.69 Å². The fourth-order valence-electron chi connectivity index (χ4n) is 3.09. The molecule has 1 aliphatic rings. The third kappa shape index (κ3) is 2.72. The average Bonchev–Trinajstić information content (AvgIpc) is 2.78. The van der Waals surface area contributed by atoms with Crippen LogP contribution in [-0.2, 0) is 10.4 Å². The highest BCUT2D eigenvalue weighted by atomic mass is 35.5. The fraction of sp³-hybridized carbons (Fsp3) is 0.263. The van der Waals surface area contributed by atoms with E-state index < -0.39 is 11.5 Å². The number of para-hydroxylation sites is 1. The second-order valence-electron chi connectivity index (χ2n) is 5.94. The van der Waals surface area contributed by atoms with E-state index in [1.54, 1.807) is 47.4 Å². The van der Waals surface area contributed by atoms with Crippen LogP contribution >= 0.6 is 11.6 Å². The predicted octanol–water partition coefficient (Wildman–Crippen LogP) is 3.56. The number of halogens is 1. The van der Waals surface area contributed by atoms with Crippen LogP contribution in [0.1, 0.15) is 35.7 Å². The standard InChI is InChI=1S/C19H18ClNO3/c1-2-11-21-16-6-4-3-5-15(16)19(24,18(21)23)12-17(22)13-7-9-14(20)10-8-13/h3-10,24H,2,11-12H2,1H3/t19-/m1/s1. The summed E-state index contributed by atoms with van der Waals surface area (Å²) in [7, 11) is 0. The molecule has 1 amide bonds. The van der Waals surface area contributed by atoms with Gasteiger partial charge in [-0.05, 0) is 36.8 Å². The number of fused-ring (bicyclic) bond motifs is 1. The summed E-state index contributed by atoms with van der Waals surface area (Å²) >= 11 is 5.84. The molecule has 124 valence electrons. The van der Waals surface area contributed by atoms with Crippen molar-refractivity contribution < 1.29 is 14.7 Å². The van der Waals surface area contributed by atoms with Crippen molar-refractivity contribution in [1.29, 1.82) is 0 Å². The van der Waals surface area contributed by atoms with Gasteiger partial charge in [0.15, 0.2) is 11.4 Å². The van der Waals surface area contributed by atoms with Crippen LogP contribution in [0.5, 0.6) is 0 Å². The van der Waals surface area contributed by atoms with Crippen molar-refractivity contribution in [2.24, 2.45) is 0 Å². The van der Waals surface area contributed by atoms with Crippen molar-refractivity contribution >= 4 is 29.0 Å². The Morgan fingerprint density at radius 3 is 2.50 bits per heavy atom. The number of carbonyl (C=O) groups excluding carboxylic acids is 2. The molecule has 0 aliphatic carbocycles. The van der Waals surface area contributed by atoms with Crippen LogP contribution in [0.25, 0.3) is 0 Å². The molecule has 1 aliphatic heterocycles. The number of hydrogen-bond donors (Lipinski definition) is 1. The van der Waals surface area contributed by atoms with Crippen LogP contribution in [0.3, 0.4) is 0 Å². The number of benzene rings is 2. The first-order valence-electron chi connectivity index (χ1n) is 7.90. The van der Waals surface area contributed by atoms with E-state index in [0.717, 1.165) is 6.42 Å². The zero-order valence-corrected chi connectivity index (χ0v) is 14.1. The Labute approximate surface area is 145 Å². The lowest BCUT2D eigenvalue weighted by atomic mass is 9.88. The molecule has 1 N–H and O–H groups in total. The molecule has 0 saturated heterocycles. The Morgan fingerprint density at radius 1 is 1.17 bits per heavy atom. The first kappa shape index (κ1) is 16.7. The molecular formula is C19H18ClNO3. The molecular weight excluding hydrogens is 326 g/mol. The summed E-state index contributed by atoms with van der Waals surface area (Å²) in [5, 5.41) is 11.6.